The number of para-hydroxylation sites is 1. The first-order chi connectivity index (χ1) is 32.0. The highest BCUT2D eigenvalue weighted by Gasteiger charge is 2.37. The average molecular weight is 834 g/mol. The van der Waals surface area contributed by atoms with Gasteiger partial charge in [0.25, 0.3) is 0 Å². The van der Waals surface area contributed by atoms with E-state index in [2.05, 4.69) is 166 Å². The van der Waals surface area contributed by atoms with Crippen molar-refractivity contribution in [2.75, 3.05) is 0 Å². The summed E-state index contributed by atoms with van der Waals surface area (Å²) in [6.07, 6.45) is 0. The number of hydrogen-bond donors (Lipinski definition) is 0. The van der Waals surface area contributed by atoms with Crippen LogP contribution in [0.2, 0.25) is 0 Å². The van der Waals surface area contributed by atoms with Crippen LogP contribution in [0.1, 0.15) is 25.0 Å². The summed E-state index contributed by atoms with van der Waals surface area (Å²) in [6.45, 7) is 4.69. The third kappa shape index (κ3) is 5.89. The molecule has 0 aliphatic heterocycles. The van der Waals surface area contributed by atoms with Crippen LogP contribution in [-0.4, -0.2) is 15.0 Å². The van der Waals surface area contributed by atoms with E-state index in [0.29, 0.717) is 17.5 Å². The maximum Gasteiger partial charge on any atom is 0.164 e. The second-order valence-corrected chi connectivity index (χ2v) is 17.5. The van der Waals surface area contributed by atoms with E-state index in [-0.39, 0.29) is 5.41 Å². The number of nitrogens with zero attached hydrogens (tertiary/aromatic N) is 3. The number of hydrogen-bond acceptors (Lipinski definition) is 5. The fourth-order valence-electron chi connectivity index (χ4n) is 10.3. The van der Waals surface area contributed by atoms with Crippen molar-refractivity contribution in [3.63, 3.8) is 0 Å². The van der Waals surface area contributed by atoms with Crippen LogP contribution in [0.15, 0.2) is 209 Å². The van der Waals surface area contributed by atoms with E-state index < -0.39 is 0 Å². The van der Waals surface area contributed by atoms with Gasteiger partial charge in [0.1, 0.15) is 22.3 Å². The van der Waals surface area contributed by atoms with Crippen molar-refractivity contribution in [3.05, 3.63) is 211 Å². The summed E-state index contributed by atoms with van der Waals surface area (Å²) in [7, 11) is 0. The first-order valence-corrected chi connectivity index (χ1v) is 22.1. The van der Waals surface area contributed by atoms with Crippen LogP contribution in [0.25, 0.3) is 123 Å². The summed E-state index contributed by atoms with van der Waals surface area (Å²) in [6, 6.07) is 70.2. The van der Waals surface area contributed by atoms with Gasteiger partial charge in [-0.05, 0) is 86.0 Å². The van der Waals surface area contributed by atoms with E-state index in [4.69, 9.17) is 23.8 Å². The Labute approximate surface area is 375 Å². The average Bonchev–Trinajstić information content (AvgIpc) is 4.01. The minimum Gasteiger partial charge on any atom is -0.456 e. The molecule has 0 fully saturated rings. The summed E-state index contributed by atoms with van der Waals surface area (Å²) >= 11 is 0. The lowest BCUT2D eigenvalue weighted by atomic mass is 9.79. The Bertz CT molecular complexity index is 3840. The highest BCUT2D eigenvalue weighted by molar-refractivity contribution is 6.14. The monoisotopic (exact) mass is 833 g/mol. The summed E-state index contributed by atoms with van der Waals surface area (Å²) in [5.74, 6) is 1.71. The molecule has 9 aromatic carbocycles. The van der Waals surface area contributed by atoms with Crippen LogP contribution in [-0.2, 0) is 5.41 Å². The van der Waals surface area contributed by atoms with Crippen LogP contribution >= 0.6 is 0 Å². The molecule has 65 heavy (non-hydrogen) atoms. The predicted molar refractivity (Wildman–Crippen MR) is 265 cm³/mol. The van der Waals surface area contributed by atoms with Crippen LogP contribution < -0.4 is 0 Å². The van der Waals surface area contributed by atoms with Crippen molar-refractivity contribution >= 4 is 43.9 Å². The molecule has 3 aromatic heterocycles. The van der Waals surface area contributed by atoms with Gasteiger partial charge in [0.15, 0.2) is 17.5 Å². The van der Waals surface area contributed by atoms with Crippen LogP contribution in [0.4, 0.5) is 0 Å². The van der Waals surface area contributed by atoms with Crippen molar-refractivity contribution in [2.45, 2.75) is 19.3 Å². The zero-order valence-corrected chi connectivity index (χ0v) is 35.7. The second kappa shape index (κ2) is 14.3. The molecule has 3 heterocycles. The largest absolute Gasteiger partial charge is 0.456 e. The summed E-state index contributed by atoms with van der Waals surface area (Å²) < 4.78 is 12.9. The quantitative estimate of drug-likeness (QED) is 0.167. The molecule has 0 bridgehead atoms. The standard InChI is InChI=1S/C60H39N3O2/c1-60(2)49-21-8-6-15-43(49)44-18-10-17-42(56(44)60)39-29-25-38(26-30-39)41-33-34-51-48(35-41)55-47(20-12-24-53(55)65-51)59-62-57(40-31-27-37(28-32-40)36-13-4-3-5-14-36)61-58(63-59)46-19-11-23-52-54(46)45-16-7-9-22-50(45)64-52/h3-35H,1-2H3. The van der Waals surface area contributed by atoms with E-state index in [0.717, 1.165) is 82.8 Å². The van der Waals surface area contributed by atoms with Gasteiger partial charge in [0.05, 0.1) is 0 Å². The number of fused-ring (bicyclic) bond motifs is 9. The van der Waals surface area contributed by atoms with E-state index in [9.17, 15) is 0 Å². The first kappa shape index (κ1) is 37.2. The summed E-state index contributed by atoms with van der Waals surface area (Å²) in [5.41, 5.74) is 18.1. The van der Waals surface area contributed by atoms with Crippen molar-refractivity contribution in [3.8, 4) is 78.7 Å². The van der Waals surface area contributed by atoms with Crippen molar-refractivity contribution in [1.82, 2.24) is 15.0 Å². The molecule has 0 spiro atoms. The highest BCUT2D eigenvalue weighted by Crippen LogP contribution is 2.52. The number of rotatable bonds is 6. The van der Waals surface area contributed by atoms with Gasteiger partial charge in [-0.2, -0.15) is 0 Å². The van der Waals surface area contributed by atoms with Gasteiger partial charge in [-0.15, -0.1) is 0 Å². The van der Waals surface area contributed by atoms with Crippen molar-refractivity contribution in [2.24, 2.45) is 0 Å². The lowest BCUT2D eigenvalue weighted by Crippen LogP contribution is -2.16. The highest BCUT2D eigenvalue weighted by atomic mass is 16.3. The smallest absolute Gasteiger partial charge is 0.164 e. The third-order valence-corrected chi connectivity index (χ3v) is 13.4. The van der Waals surface area contributed by atoms with Gasteiger partial charge in [0.2, 0.25) is 0 Å². The molecule has 0 amide bonds. The Kier molecular flexibility index (Phi) is 8.18. The molecule has 0 saturated heterocycles. The lowest BCUT2D eigenvalue weighted by Gasteiger charge is -2.24. The summed E-state index contributed by atoms with van der Waals surface area (Å²) in [5, 5.41) is 3.94. The second-order valence-electron chi connectivity index (χ2n) is 17.5. The van der Waals surface area contributed by atoms with E-state index >= 15 is 0 Å². The van der Waals surface area contributed by atoms with Gasteiger partial charge in [-0.3, -0.25) is 0 Å². The van der Waals surface area contributed by atoms with Gasteiger partial charge in [-0.1, -0.05) is 184 Å². The minimum atomic E-state index is -0.0969. The molecule has 13 rings (SSSR count). The Morgan fingerprint density at radius 1 is 0.323 bits per heavy atom. The Morgan fingerprint density at radius 3 is 1.54 bits per heavy atom. The number of aromatic nitrogens is 3. The van der Waals surface area contributed by atoms with Crippen LogP contribution in [0, 0.1) is 0 Å². The maximum atomic E-state index is 6.57. The lowest BCUT2D eigenvalue weighted by molar-refractivity contribution is 0.662. The molecule has 0 N–H and O–H groups in total. The first-order valence-electron chi connectivity index (χ1n) is 22.1. The molecule has 1 aliphatic carbocycles. The van der Waals surface area contributed by atoms with Crippen molar-refractivity contribution < 1.29 is 8.83 Å². The molecule has 0 radical (unpaired) electrons. The van der Waals surface area contributed by atoms with E-state index in [1.54, 1.807) is 0 Å². The number of benzene rings is 9. The topological polar surface area (TPSA) is 65.0 Å². The van der Waals surface area contributed by atoms with Crippen LogP contribution in [0.5, 0.6) is 0 Å². The fourth-order valence-corrected chi connectivity index (χ4v) is 10.3. The van der Waals surface area contributed by atoms with E-state index in [1.165, 1.54) is 33.4 Å². The maximum absolute atomic E-state index is 6.57. The van der Waals surface area contributed by atoms with Gasteiger partial charge in [-0.25, -0.2) is 15.0 Å². The Balaban J connectivity index is 0.944. The van der Waals surface area contributed by atoms with E-state index in [1.807, 2.05) is 48.5 Å². The van der Waals surface area contributed by atoms with Gasteiger partial charge >= 0.3 is 0 Å². The molecular weight excluding hydrogens is 795 g/mol. The summed E-state index contributed by atoms with van der Waals surface area (Å²) in [4.78, 5) is 15.7. The zero-order chi connectivity index (χ0) is 43.2. The Morgan fingerprint density at radius 2 is 0.800 bits per heavy atom. The molecule has 0 unspecified atom stereocenters. The molecule has 5 nitrogen and oxygen atoms in total. The van der Waals surface area contributed by atoms with Crippen LogP contribution in [0.3, 0.4) is 0 Å². The van der Waals surface area contributed by atoms with Gasteiger partial charge in [0, 0.05) is 43.7 Å². The minimum absolute atomic E-state index is 0.0969. The SMILES string of the molecule is CC1(C)c2ccccc2-c2cccc(-c3ccc(-c4ccc5oc6cccc(-c7nc(-c8ccc(-c9ccccc9)cc8)nc(-c8cccc9oc%10ccccc%10c89)n7)c6c5c4)cc3)c21. The molecule has 0 saturated carbocycles. The molecular formula is C60H39N3O2. The fraction of sp³-hybridized carbons (Fsp3) is 0.0500. The van der Waals surface area contributed by atoms with Gasteiger partial charge < -0.3 is 8.83 Å². The molecule has 306 valence electrons. The Hall–Kier alpha value is -8.41. The van der Waals surface area contributed by atoms with Crippen molar-refractivity contribution in [1.29, 1.82) is 0 Å². The molecule has 12 aromatic rings. The molecule has 1 aliphatic rings. The number of furan rings is 2. The third-order valence-electron chi connectivity index (χ3n) is 13.4. The molecule has 5 heteroatoms. The normalized spacial score (nSPS) is 12.9. The molecule has 0 atom stereocenters. The zero-order valence-electron chi connectivity index (χ0n) is 35.7. The predicted octanol–water partition coefficient (Wildman–Crippen LogP) is 16.0.